The summed E-state index contributed by atoms with van der Waals surface area (Å²) in [5, 5.41) is 23.0. The zero-order valence-corrected chi connectivity index (χ0v) is 17.8. The van der Waals surface area contributed by atoms with Crippen molar-refractivity contribution >= 4 is 17.4 Å². The second kappa shape index (κ2) is 9.94. The number of hydrogen-bond donors (Lipinski definition) is 3. The van der Waals surface area contributed by atoms with Gasteiger partial charge >= 0.3 is 5.97 Å². The first-order chi connectivity index (χ1) is 14.9. The van der Waals surface area contributed by atoms with Gasteiger partial charge in [0.05, 0.1) is 11.1 Å². The lowest BCUT2D eigenvalue weighted by atomic mass is 10.00. The number of aromatic carboxylic acids is 1. The van der Waals surface area contributed by atoms with Crippen LogP contribution < -0.4 is 5.32 Å². The first-order valence-corrected chi connectivity index (χ1v) is 10.4. The Morgan fingerprint density at radius 2 is 1.65 bits per heavy atom. The van der Waals surface area contributed by atoms with E-state index in [4.69, 9.17) is 5.11 Å². The molecule has 0 saturated carbocycles. The van der Waals surface area contributed by atoms with Crippen LogP contribution in [0.3, 0.4) is 0 Å². The molecule has 0 aliphatic heterocycles. The summed E-state index contributed by atoms with van der Waals surface area (Å²) in [5.74, 6) is -1.00. The minimum absolute atomic E-state index is 0.0679. The van der Waals surface area contributed by atoms with E-state index in [-0.39, 0.29) is 11.5 Å². The zero-order valence-electron chi connectivity index (χ0n) is 17.8. The maximum absolute atomic E-state index is 11.7. The molecule has 3 N–H and O–H groups in total. The van der Waals surface area contributed by atoms with E-state index in [0.717, 1.165) is 34.4 Å². The van der Waals surface area contributed by atoms with Gasteiger partial charge in [-0.2, -0.15) is 0 Å². The summed E-state index contributed by atoms with van der Waals surface area (Å²) >= 11 is 0. The van der Waals surface area contributed by atoms with Crippen LogP contribution in [-0.2, 0) is 19.4 Å². The van der Waals surface area contributed by atoms with Crippen molar-refractivity contribution in [3.63, 3.8) is 0 Å². The maximum atomic E-state index is 11.7. The number of nitrogens with one attached hydrogen (secondary N) is 1. The summed E-state index contributed by atoms with van der Waals surface area (Å²) in [5.41, 5.74) is 5.38. The van der Waals surface area contributed by atoms with Crippen molar-refractivity contribution in [1.82, 2.24) is 0 Å². The predicted molar refractivity (Wildman–Crippen MR) is 122 cm³/mol. The number of Topliss-reactive ketones (excluding diaryl/α,β-unsaturated/α-hetero) is 1. The minimum Gasteiger partial charge on any atom is -0.507 e. The van der Waals surface area contributed by atoms with E-state index in [1.54, 1.807) is 24.3 Å². The van der Waals surface area contributed by atoms with Gasteiger partial charge < -0.3 is 15.5 Å². The Morgan fingerprint density at radius 3 is 2.29 bits per heavy atom. The number of carboxylic acid groups (broad SMARTS) is 1. The number of rotatable bonds is 9. The lowest BCUT2D eigenvalue weighted by Gasteiger charge is -2.15. The molecule has 5 nitrogen and oxygen atoms in total. The smallest absolute Gasteiger partial charge is 0.335 e. The molecule has 0 bridgehead atoms. The van der Waals surface area contributed by atoms with Crippen LogP contribution in [0.15, 0.2) is 60.7 Å². The van der Waals surface area contributed by atoms with Crippen LogP contribution in [0.5, 0.6) is 5.75 Å². The Hall–Kier alpha value is -3.60. The number of aromatic hydroxyl groups is 1. The van der Waals surface area contributed by atoms with Gasteiger partial charge in [0.2, 0.25) is 0 Å². The Balaban J connectivity index is 1.69. The minimum atomic E-state index is -0.923. The highest BCUT2D eigenvalue weighted by Crippen LogP contribution is 2.31. The fourth-order valence-electron chi connectivity index (χ4n) is 3.61. The summed E-state index contributed by atoms with van der Waals surface area (Å²) in [7, 11) is 0. The zero-order chi connectivity index (χ0) is 22.4. The highest BCUT2D eigenvalue weighted by Gasteiger charge is 2.14. The molecule has 0 unspecified atom stereocenters. The number of anilines is 1. The van der Waals surface area contributed by atoms with Gasteiger partial charge in [-0.3, -0.25) is 4.79 Å². The topological polar surface area (TPSA) is 86.6 Å². The lowest BCUT2D eigenvalue weighted by Crippen LogP contribution is -2.05. The molecule has 3 aromatic carbocycles. The van der Waals surface area contributed by atoms with Crippen molar-refractivity contribution in [3.05, 3.63) is 94.0 Å². The molecule has 0 fully saturated rings. The normalized spacial score (nSPS) is 10.6. The number of carboxylic acids is 1. The van der Waals surface area contributed by atoms with Crippen molar-refractivity contribution in [2.24, 2.45) is 0 Å². The molecule has 0 aliphatic carbocycles. The van der Waals surface area contributed by atoms with Crippen molar-refractivity contribution in [1.29, 1.82) is 0 Å². The molecule has 0 amide bonds. The van der Waals surface area contributed by atoms with Gasteiger partial charge in [0.25, 0.3) is 0 Å². The van der Waals surface area contributed by atoms with Gasteiger partial charge in [0, 0.05) is 17.8 Å². The molecule has 0 spiro atoms. The van der Waals surface area contributed by atoms with Crippen LogP contribution in [-0.4, -0.2) is 22.0 Å². The second-order valence-electron chi connectivity index (χ2n) is 7.65. The van der Waals surface area contributed by atoms with Gasteiger partial charge in [-0.1, -0.05) is 49.7 Å². The number of phenols is 1. The summed E-state index contributed by atoms with van der Waals surface area (Å²) in [4.78, 5) is 22.9. The van der Waals surface area contributed by atoms with E-state index in [9.17, 15) is 14.7 Å². The molecule has 0 heterocycles. The van der Waals surface area contributed by atoms with E-state index < -0.39 is 5.97 Å². The van der Waals surface area contributed by atoms with Gasteiger partial charge in [-0.15, -0.1) is 0 Å². The van der Waals surface area contributed by atoms with Crippen LogP contribution in [0, 0.1) is 0 Å². The SMILES string of the molecule is CCCc1c(NCc2ccc(Cc3cccc(C(=O)O)c3)cc2)ccc(C(C)=O)c1O. The Morgan fingerprint density at radius 1 is 0.935 bits per heavy atom. The molecule has 3 aromatic rings. The third-order valence-corrected chi connectivity index (χ3v) is 5.25. The average Bonchev–Trinajstić information content (AvgIpc) is 2.75. The van der Waals surface area contributed by atoms with Crippen LogP contribution >= 0.6 is 0 Å². The Bertz CT molecular complexity index is 1090. The van der Waals surface area contributed by atoms with Crippen LogP contribution in [0.1, 0.15) is 63.2 Å². The molecule has 0 saturated heterocycles. The highest BCUT2D eigenvalue weighted by molar-refractivity contribution is 5.98. The summed E-state index contributed by atoms with van der Waals surface area (Å²) < 4.78 is 0. The molecule has 31 heavy (non-hydrogen) atoms. The fraction of sp³-hybridized carbons (Fsp3) is 0.231. The van der Waals surface area contributed by atoms with E-state index in [1.165, 1.54) is 6.92 Å². The van der Waals surface area contributed by atoms with Gasteiger partial charge in [0.15, 0.2) is 5.78 Å². The summed E-state index contributed by atoms with van der Waals surface area (Å²) in [6.45, 7) is 4.08. The third kappa shape index (κ3) is 5.51. The molecule has 0 radical (unpaired) electrons. The van der Waals surface area contributed by atoms with Gasteiger partial charge in [-0.05, 0) is 60.7 Å². The van der Waals surface area contributed by atoms with E-state index in [1.807, 2.05) is 43.3 Å². The standard InChI is InChI=1S/C26H27NO4/c1-3-5-23-24(13-12-22(17(2)28)25(23)29)27-16-19-10-8-18(9-11-19)14-20-6-4-7-21(15-20)26(30)31/h4,6-13,15,27,29H,3,5,14,16H2,1-2H3,(H,30,31). The predicted octanol–water partition coefficient (Wildman–Crippen LogP) is 5.45. The van der Waals surface area contributed by atoms with Gasteiger partial charge in [-0.25, -0.2) is 4.79 Å². The summed E-state index contributed by atoms with van der Waals surface area (Å²) in [6, 6.07) is 18.6. The number of ketones is 1. The van der Waals surface area contributed by atoms with E-state index in [0.29, 0.717) is 30.5 Å². The number of phenolic OH excluding ortho intramolecular Hbond substituents is 1. The van der Waals surface area contributed by atoms with Crippen LogP contribution in [0.4, 0.5) is 5.69 Å². The molecule has 0 aliphatic rings. The molecule has 3 rings (SSSR count). The molecular formula is C26H27NO4. The Labute approximate surface area is 182 Å². The lowest BCUT2D eigenvalue weighted by molar-refractivity contribution is 0.0696. The fourth-order valence-corrected chi connectivity index (χ4v) is 3.61. The molecule has 5 heteroatoms. The largest absolute Gasteiger partial charge is 0.507 e. The second-order valence-corrected chi connectivity index (χ2v) is 7.65. The van der Waals surface area contributed by atoms with E-state index in [2.05, 4.69) is 5.32 Å². The molecule has 0 atom stereocenters. The average molecular weight is 418 g/mol. The van der Waals surface area contributed by atoms with Crippen molar-refractivity contribution in [2.75, 3.05) is 5.32 Å². The van der Waals surface area contributed by atoms with E-state index >= 15 is 0 Å². The molecule has 160 valence electrons. The van der Waals surface area contributed by atoms with Gasteiger partial charge in [0.1, 0.15) is 5.75 Å². The first kappa shape index (κ1) is 22.1. The monoisotopic (exact) mass is 417 g/mol. The number of carbonyl (C=O) groups is 2. The van der Waals surface area contributed by atoms with Crippen molar-refractivity contribution in [2.45, 2.75) is 39.7 Å². The quantitative estimate of drug-likeness (QED) is 0.403. The van der Waals surface area contributed by atoms with Crippen molar-refractivity contribution < 1.29 is 19.8 Å². The third-order valence-electron chi connectivity index (χ3n) is 5.25. The van der Waals surface area contributed by atoms with Crippen molar-refractivity contribution in [3.8, 4) is 5.75 Å². The number of benzene rings is 3. The summed E-state index contributed by atoms with van der Waals surface area (Å²) in [6.07, 6.45) is 2.21. The highest BCUT2D eigenvalue weighted by atomic mass is 16.4. The number of carbonyl (C=O) groups excluding carboxylic acids is 1. The first-order valence-electron chi connectivity index (χ1n) is 10.4. The molecule has 0 aromatic heterocycles. The van der Waals surface area contributed by atoms with Crippen LogP contribution in [0.25, 0.3) is 0 Å². The Kier molecular flexibility index (Phi) is 7.08. The maximum Gasteiger partial charge on any atom is 0.335 e. The number of hydrogen-bond acceptors (Lipinski definition) is 4. The molecular weight excluding hydrogens is 390 g/mol. The van der Waals surface area contributed by atoms with Crippen LogP contribution in [0.2, 0.25) is 0 Å².